The minimum absolute atomic E-state index is 0.201. The minimum Gasteiger partial charge on any atom is -0.489 e. The Labute approximate surface area is 262 Å². The number of aromatic nitrogens is 1. The van der Waals surface area contributed by atoms with Crippen LogP contribution in [0.4, 0.5) is 0 Å². The molecule has 0 N–H and O–H groups in total. The number of nitrogens with zero attached hydrogens (tertiary/aromatic N) is 2. The Bertz CT molecular complexity index is 2080. The summed E-state index contributed by atoms with van der Waals surface area (Å²) in [6.45, 7) is 2.57. The number of rotatable bonds is 8. The Morgan fingerprint density at radius 3 is 2.44 bits per heavy atom. The van der Waals surface area contributed by atoms with Crippen molar-refractivity contribution in [2.45, 2.75) is 19.6 Å². The molecule has 7 rings (SSSR count). The topological polar surface area (TPSA) is 88.4 Å². The molecule has 0 spiro atoms. The van der Waals surface area contributed by atoms with Crippen molar-refractivity contribution in [2.75, 3.05) is 13.4 Å². The van der Waals surface area contributed by atoms with Gasteiger partial charge in [0.2, 0.25) is 6.79 Å². The third-order valence-corrected chi connectivity index (χ3v) is 8.49. The van der Waals surface area contributed by atoms with Crippen LogP contribution in [0.5, 0.6) is 17.2 Å². The predicted molar refractivity (Wildman–Crippen MR) is 171 cm³/mol. The van der Waals surface area contributed by atoms with Crippen LogP contribution in [-0.4, -0.2) is 23.9 Å². The van der Waals surface area contributed by atoms with Crippen LogP contribution in [0.25, 0.3) is 11.8 Å². The van der Waals surface area contributed by atoms with Crippen LogP contribution >= 0.6 is 11.3 Å². The maximum atomic E-state index is 14.0. The molecule has 0 saturated heterocycles. The van der Waals surface area contributed by atoms with Gasteiger partial charge in [-0.15, -0.1) is 0 Å². The first-order valence-corrected chi connectivity index (χ1v) is 15.4. The monoisotopic (exact) mass is 616 g/mol. The van der Waals surface area contributed by atoms with E-state index in [1.54, 1.807) is 11.5 Å². The maximum absolute atomic E-state index is 14.0. The van der Waals surface area contributed by atoms with E-state index in [0.717, 1.165) is 28.0 Å². The first-order valence-electron chi connectivity index (χ1n) is 14.5. The van der Waals surface area contributed by atoms with Gasteiger partial charge in [0.1, 0.15) is 12.4 Å². The molecule has 9 heteroatoms. The molecule has 0 saturated carbocycles. The van der Waals surface area contributed by atoms with E-state index in [-0.39, 0.29) is 19.0 Å². The second-order valence-electron chi connectivity index (χ2n) is 10.4. The van der Waals surface area contributed by atoms with E-state index in [4.69, 9.17) is 23.9 Å². The van der Waals surface area contributed by atoms with Gasteiger partial charge in [-0.2, -0.15) is 0 Å². The predicted octanol–water partition coefficient (Wildman–Crippen LogP) is 5.24. The lowest BCUT2D eigenvalue weighted by atomic mass is 9.93. The molecule has 2 aliphatic rings. The summed E-state index contributed by atoms with van der Waals surface area (Å²) < 4.78 is 24.4. The van der Waals surface area contributed by atoms with Crippen molar-refractivity contribution in [3.63, 3.8) is 0 Å². The standard InChI is InChI=1S/C36H28N2O6S/c1-2-41-35(40)31-32(25-9-5-3-6-10-25)37-36-38(33(31)26-11-7-4-8-12-26)34(39)30(45-36)20-23-13-16-27(17-14-23)42-21-24-15-18-28-29(19-24)44-22-43-28/h3-20,33H,2,21-22H2,1H3/b30-20-/t33-/m1/s1. The van der Waals surface area contributed by atoms with Crippen molar-refractivity contribution in [3.05, 3.63) is 151 Å². The molecule has 2 aliphatic heterocycles. The van der Waals surface area contributed by atoms with Crippen molar-refractivity contribution >= 4 is 29.1 Å². The van der Waals surface area contributed by atoms with Gasteiger partial charge < -0.3 is 18.9 Å². The highest BCUT2D eigenvalue weighted by molar-refractivity contribution is 7.07. The first kappa shape index (κ1) is 28.4. The lowest BCUT2D eigenvalue weighted by Crippen LogP contribution is -2.39. The molecule has 3 heterocycles. The van der Waals surface area contributed by atoms with Gasteiger partial charge in [-0.3, -0.25) is 9.36 Å². The van der Waals surface area contributed by atoms with E-state index in [2.05, 4.69) is 0 Å². The zero-order valence-electron chi connectivity index (χ0n) is 24.3. The average Bonchev–Trinajstić information content (AvgIpc) is 3.68. The third kappa shape index (κ3) is 5.65. The summed E-state index contributed by atoms with van der Waals surface area (Å²) in [4.78, 5) is 33.0. The number of benzene rings is 4. The summed E-state index contributed by atoms with van der Waals surface area (Å²) in [5.74, 6) is 1.64. The van der Waals surface area contributed by atoms with Crippen LogP contribution in [0.2, 0.25) is 0 Å². The highest BCUT2D eigenvalue weighted by atomic mass is 32.1. The molecule has 0 bridgehead atoms. The Hall–Kier alpha value is -5.41. The van der Waals surface area contributed by atoms with Gasteiger partial charge in [0.25, 0.3) is 5.56 Å². The largest absolute Gasteiger partial charge is 0.489 e. The van der Waals surface area contributed by atoms with Gasteiger partial charge in [0.15, 0.2) is 16.3 Å². The second kappa shape index (κ2) is 12.3. The average molecular weight is 617 g/mol. The van der Waals surface area contributed by atoms with Crippen molar-refractivity contribution in [1.29, 1.82) is 0 Å². The highest BCUT2D eigenvalue weighted by Crippen LogP contribution is 2.35. The summed E-state index contributed by atoms with van der Waals surface area (Å²) in [5, 5.41) is 0. The Morgan fingerprint density at radius 1 is 0.956 bits per heavy atom. The van der Waals surface area contributed by atoms with Crippen LogP contribution in [0.1, 0.15) is 35.2 Å². The number of esters is 1. The molecule has 4 aromatic carbocycles. The van der Waals surface area contributed by atoms with Crippen LogP contribution in [-0.2, 0) is 16.1 Å². The molecular weight excluding hydrogens is 588 g/mol. The van der Waals surface area contributed by atoms with Gasteiger partial charge in [0, 0.05) is 5.56 Å². The molecule has 45 heavy (non-hydrogen) atoms. The van der Waals surface area contributed by atoms with Gasteiger partial charge >= 0.3 is 5.97 Å². The Kier molecular flexibility index (Phi) is 7.75. The van der Waals surface area contributed by atoms with E-state index < -0.39 is 12.0 Å². The second-order valence-corrected chi connectivity index (χ2v) is 11.4. The zero-order valence-corrected chi connectivity index (χ0v) is 25.2. The van der Waals surface area contributed by atoms with Gasteiger partial charge in [-0.1, -0.05) is 90.2 Å². The number of carbonyl (C=O) groups is 1. The van der Waals surface area contributed by atoms with Crippen molar-refractivity contribution in [1.82, 2.24) is 4.57 Å². The SMILES string of the molecule is CCOC(=O)C1=C(c2ccccc2)N=c2s/c(=C\c3ccc(OCc4ccc5c(c4)OCO5)cc3)c(=O)n2[C@@H]1c1ccccc1. The molecule has 224 valence electrons. The van der Waals surface area contributed by atoms with Crippen LogP contribution in [0.15, 0.2) is 118 Å². The van der Waals surface area contributed by atoms with Crippen LogP contribution in [0, 0.1) is 0 Å². The van der Waals surface area contributed by atoms with Gasteiger partial charge in [-0.05, 0) is 54.0 Å². The normalized spacial score (nSPS) is 15.4. The van der Waals surface area contributed by atoms with Crippen molar-refractivity contribution in [2.24, 2.45) is 4.99 Å². The molecule has 0 unspecified atom stereocenters. The quantitative estimate of drug-likeness (QED) is 0.222. The Morgan fingerprint density at radius 2 is 1.69 bits per heavy atom. The van der Waals surface area contributed by atoms with Crippen molar-refractivity contribution in [3.8, 4) is 17.2 Å². The van der Waals surface area contributed by atoms with E-state index in [1.807, 2.05) is 109 Å². The summed E-state index contributed by atoms with van der Waals surface area (Å²) >= 11 is 1.29. The van der Waals surface area contributed by atoms with Crippen LogP contribution < -0.4 is 29.1 Å². The van der Waals surface area contributed by atoms with E-state index >= 15 is 0 Å². The number of fused-ring (bicyclic) bond motifs is 2. The lowest BCUT2D eigenvalue weighted by molar-refractivity contribution is -0.138. The van der Waals surface area contributed by atoms with Gasteiger partial charge in [-0.25, -0.2) is 9.79 Å². The van der Waals surface area contributed by atoms with Gasteiger partial charge in [0.05, 0.1) is 28.5 Å². The summed E-state index contributed by atoms with van der Waals surface area (Å²) in [5.41, 5.74) is 3.96. The molecule has 0 radical (unpaired) electrons. The fourth-order valence-corrected chi connectivity index (χ4v) is 6.40. The number of thiazole rings is 1. The van der Waals surface area contributed by atoms with Crippen molar-refractivity contribution < 1.29 is 23.7 Å². The molecule has 0 amide bonds. The molecule has 0 fully saturated rings. The maximum Gasteiger partial charge on any atom is 0.338 e. The lowest BCUT2D eigenvalue weighted by Gasteiger charge is -2.25. The number of hydrogen-bond acceptors (Lipinski definition) is 8. The first-order chi connectivity index (χ1) is 22.1. The van der Waals surface area contributed by atoms with Crippen LogP contribution in [0.3, 0.4) is 0 Å². The minimum atomic E-state index is -0.703. The summed E-state index contributed by atoms with van der Waals surface area (Å²) in [6, 6.07) is 31.6. The van der Waals surface area contributed by atoms with E-state index in [0.29, 0.717) is 38.7 Å². The molecule has 8 nitrogen and oxygen atoms in total. The fraction of sp³-hybridized carbons (Fsp3) is 0.139. The molecular formula is C36H28N2O6S. The molecule has 1 atom stereocenters. The number of hydrogen-bond donors (Lipinski definition) is 0. The molecule has 1 aromatic heterocycles. The smallest absolute Gasteiger partial charge is 0.338 e. The van der Waals surface area contributed by atoms with E-state index in [1.165, 1.54) is 11.3 Å². The van der Waals surface area contributed by atoms with E-state index in [9.17, 15) is 9.59 Å². The highest BCUT2D eigenvalue weighted by Gasteiger charge is 2.35. The summed E-state index contributed by atoms with van der Waals surface area (Å²) in [6.07, 6.45) is 1.84. The summed E-state index contributed by atoms with van der Waals surface area (Å²) in [7, 11) is 0. The zero-order chi connectivity index (χ0) is 30.8. The fourth-order valence-electron chi connectivity index (χ4n) is 5.40. The molecule has 0 aliphatic carbocycles. The number of ether oxygens (including phenoxy) is 4. The molecule has 5 aromatic rings. The number of carbonyl (C=O) groups excluding carboxylic acids is 1. The Balaban J connectivity index is 1.25. The third-order valence-electron chi connectivity index (χ3n) is 7.51.